The van der Waals surface area contributed by atoms with Gasteiger partial charge in [-0.15, -0.1) is 0 Å². The number of carbonyl (C=O) groups excluding carboxylic acids is 1. The third kappa shape index (κ3) is 4.66. The van der Waals surface area contributed by atoms with Crippen LogP contribution in [-0.4, -0.2) is 37.5 Å². The Balaban J connectivity index is 1.54. The van der Waals surface area contributed by atoms with Crippen LogP contribution in [-0.2, 0) is 17.5 Å². The summed E-state index contributed by atoms with van der Waals surface area (Å²) in [5.74, 6) is -0.148. The Labute approximate surface area is 181 Å². The maximum atomic E-state index is 12.9. The molecule has 1 fully saturated rings. The fourth-order valence-electron chi connectivity index (χ4n) is 3.43. The van der Waals surface area contributed by atoms with Crippen molar-refractivity contribution in [2.45, 2.75) is 45.1 Å². The number of amides is 1. The van der Waals surface area contributed by atoms with Gasteiger partial charge in [-0.3, -0.25) is 4.68 Å². The van der Waals surface area contributed by atoms with E-state index in [0.29, 0.717) is 12.2 Å². The molecule has 1 atom stereocenters. The third-order valence-corrected chi connectivity index (χ3v) is 5.08. The van der Waals surface area contributed by atoms with Gasteiger partial charge < -0.3 is 15.4 Å². The number of aryl methyl sites for hydroxylation is 1. The van der Waals surface area contributed by atoms with Gasteiger partial charge in [-0.05, 0) is 50.1 Å². The summed E-state index contributed by atoms with van der Waals surface area (Å²) >= 11 is 0. The number of hydrogen-bond acceptors (Lipinski definition) is 6. The lowest BCUT2D eigenvalue weighted by Crippen LogP contribution is -2.44. The highest BCUT2D eigenvalue weighted by atomic mass is 19.4. The number of hydrogen-bond donors (Lipinski definition) is 2. The number of carbonyl (C=O) groups is 1. The van der Waals surface area contributed by atoms with Crippen LogP contribution in [0, 0.1) is 6.92 Å². The highest BCUT2D eigenvalue weighted by molar-refractivity contribution is 5.71. The lowest BCUT2D eigenvalue weighted by Gasteiger charge is -2.23. The van der Waals surface area contributed by atoms with Crippen LogP contribution in [0.4, 0.5) is 29.6 Å². The second kappa shape index (κ2) is 7.81. The molecule has 0 saturated carbocycles. The fourth-order valence-corrected chi connectivity index (χ4v) is 3.43. The van der Waals surface area contributed by atoms with Crippen molar-refractivity contribution in [2.24, 2.45) is 0 Å². The first kappa shape index (κ1) is 21.6. The van der Waals surface area contributed by atoms with Crippen molar-refractivity contribution in [2.75, 3.05) is 5.32 Å². The van der Waals surface area contributed by atoms with Gasteiger partial charge in [0.2, 0.25) is 5.95 Å². The van der Waals surface area contributed by atoms with E-state index in [4.69, 9.17) is 4.74 Å². The summed E-state index contributed by atoms with van der Waals surface area (Å²) in [7, 11) is 0. The van der Waals surface area contributed by atoms with E-state index >= 15 is 0 Å². The number of cyclic esters (lactones) is 1. The van der Waals surface area contributed by atoms with Crippen LogP contribution in [0.1, 0.15) is 25.1 Å². The molecular weight excluding hydrogens is 425 g/mol. The first-order chi connectivity index (χ1) is 15.0. The monoisotopic (exact) mass is 446 g/mol. The minimum atomic E-state index is -4.55. The molecule has 8 nitrogen and oxygen atoms in total. The molecule has 3 aromatic rings. The SMILES string of the molecule is Cc1cc(Nc2nccc(C(F)(F)F)n2)cc(-c2cnn(C[C@H]3OC(=O)NC3(C)C)c2)c1. The van der Waals surface area contributed by atoms with Crippen molar-refractivity contribution >= 4 is 17.7 Å². The largest absolute Gasteiger partial charge is 0.442 e. The Hall–Kier alpha value is -3.63. The second-order valence-electron chi connectivity index (χ2n) is 8.17. The van der Waals surface area contributed by atoms with E-state index in [1.807, 2.05) is 33.0 Å². The summed E-state index contributed by atoms with van der Waals surface area (Å²) in [5, 5.41) is 9.95. The van der Waals surface area contributed by atoms with E-state index < -0.39 is 23.5 Å². The van der Waals surface area contributed by atoms with Crippen molar-refractivity contribution in [1.29, 1.82) is 0 Å². The lowest BCUT2D eigenvalue weighted by molar-refractivity contribution is -0.141. The van der Waals surface area contributed by atoms with Crippen molar-refractivity contribution in [1.82, 2.24) is 25.1 Å². The highest BCUT2D eigenvalue weighted by Crippen LogP contribution is 2.30. The number of anilines is 2. The van der Waals surface area contributed by atoms with Gasteiger partial charge in [-0.2, -0.15) is 18.3 Å². The van der Waals surface area contributed by atoms with Crippen LogP contribution in [0.5, 0.6) is 0 Å². The van der Waals surface area contributed by atoms with E-state index in [1.54, 1.807) is 23.0 Å². The summed E-state index contributed by atoms with van der Waals surface area (Å²) in [6.07, 6.45) is -0.832. The Kier molecular flexibility index (Phi) is 5.27. The molecule has 1 saturated heterocycles. The molecule has 0 unspecified atom stereocenters. The van der Waals surface area contributed by atoms with E-state index in [1.165, 1.54) is 0 Å². The minimum absolute atomic E-state index is 0.148. The maximum absolute atomic E-state index is 12.9. The Morgan fingerprint density at radius 3 is 2.72 bits per heavy atom. The quantitative estimate of drug-likeness (QED) is 0.607. The van der Waals surface area contributed by atoms with E-state index in [0.717, 1.165) is 29.0 Å². The third-order valence-electron chi connectivity index (χ3n) is 5.08. The Morgan fingerprint density at radius 1 is 1.25 bits per heavy atom. The minimum Gasteiger partial charge on any atom is -0.442 e. The molecule has 3 heterocycles. The molecule has 1 aliphatic heterocycles. The lowest BCUT2D eigenvalue weighted by atomic mass is 9.99. The number of alkyl carbamates (subject to hydrolysis) is 1. The average Bonchev–Trinajstić information content (AvgIpc) is 3.24. The molecule has 2 aromatic heterocycles. The summed E-state index contributed by atoms with van der Waals surface area (Å²) in [5.41, 5.74) is 1.51. The number of nitrogens with zero attached hydrogens (tertiary/aromatic N) is 4. The topological polar surface area (TPSA) is 94.0 Å². The van der Waals surface area contributed by atoms with Crippen LogP contribution in [0.3, 0.4) is 0 Å². The molecule has 11 heteroatoms. The summed E-state index contributed by atoms with van der Waals surface area (Å²) in [6, 6.07) is 6.31. The standard InChI is InChI=1S/C21H21F3N6O2/c1-12-6-13(8-15(7-12)27-18-25-5-4-16(28-18)21(22,23)24)14-9-26-30(10-14)11-17-20(2,3)29-19(31)32-17/h4-10,17H,11H2,1-3H3,(H,29,31)(H,25,27,28)/t17-/m1/s1. The van der Waals surface area contributed by atoms with Crippen molar-refractivity contribution < 1.29 is 22.7 Å². The van der Waals surface area contributed by atoms with Crippen LogP contribution in [0.15, 0.2) is 42.9 Å². The molecule has 0 aliphatic carbocycles. The summed E-state index contributed by atoms with van der Waals surface area (Å²) < 4.78 is 45.8. The first-order valence-electron chi connectivity index (χ1n) is 9.80. The Morgan fingerprint density at radius 2 is 2.03 bits per heavy atom. The number of alkyl halides is 3. The number of benzene rings is 1. The predicted molar refractivity (Wildman–Crippen MR) is 110 cm³/mol. The molecule has 1 aliphatic rings. The normalized spacial score (nSPS) is 17.7. The van der Waals surface area contributed by atoms with Crippen molar-refractivity contribution in [3.63, 3.8) is 0 Å². The van der Waals surface area contributed by atoms with Gasteiger partial charge in [0.05, 0.1) is 18.3 Å². The molecule has 0 radical (unpaired) electrons. The molecule has 168 valence electrons. The molecule has 32 heavy (non-hydrogen) atoms. The van der Waals surface area contributed by atoms with Gasteiger partial charge in [0.1, 0.15) is 11.8 Å². The predicted octanol–water partition coefficient (Wildman–Crippen LogP) is 4.30. The van der Waals surface area contributed by atoms with Gasteiger partial charge in [-0.25, -0.2) is 14.8 Å². The van der Waals surface area contributed by atoms with Gasteiger partial charge in [0.25, 0.3) is 0 Å². The first-order valence-corrected chi connectivity index (χ1v) is 9.80. The fraction of sp³-hybridized carbons (Fsp3) is 0.333. The van der Waals surface area contributed by atoms with E-state index in [9.17, 15) is 18.0 Å². The van der Waals surface area contributed by atoms with E-state index in [2.05, 4.69) is 25.7 Å². The molecule has 0 bridgehead atoms. The van der Waals surface area contributed by atoms with Crippen LogP contribution >= 0.6 is 0 Å². The number of aromatic nitrogens is 4. The van der Waals surface area contributed by atoms with Crippen LogP contribution in [0.2, 0.25) is 0 Å². The summed E-state index contributed by atoms with van der Waals surface area (Å²) in [6.45, 7) is 6.00. The van der Waals surface area contributed by atoms with Gasteiger partial charge in [-0.1, -0.05) is 6.07 Å². The number of ether oxygens (including phenoxy) is 1. The van der Waals surface area contributed by atoms with Crippen molar-refractivity contribution in [3.05, 3.63) is 54.1 Å². The second-order valence-corrected chi connectivity index (χ2v) is 8.17. The van der Waals surface area contributed by atoms with Gasteiger partial charge >= 0.3 is 12.3 Å². The van der Waals surface area contributed by atoms with Crippen LogP contribution in [0.25, 0.3) is 11.1 Å². The zero-order valence-corrected chi connectivity index (χ0v) is 17.6. The maximum Gasteiger partial charge on any atom is 0.433 e. The number of rotatable bonds is 5. The number of halogens is 3. The van der Waals surface area contributed by atoms with Gasteiger partial charge in [0.15, 0.2) is 0 Å². The highest BCUT2D eigenvalue weighted by Gasteiger charge is 2.41. The van der Waals surface area contributed by atoms with Gasteiger partial charge in [0, 0.05) is 23.6 Å². The van der Waals surface area contributed by atoms with Crippen LogP contribution < -0.4 is 10.6 Å². The molecular formula is C21H21F3N6O2. The smallest absolute Gasteiger partial charge is 0.433 e. The molecule has 1 amide bonds. The number of nitrogens with one attached hydrogen (secondary N) is 2. The molecule has 1 aromatic carbocycles. The average molecular weight is 446 g/mol. The Bertz CT molecular complexity index is 1160. The zero-order valence-electron chi connectivity index (χ0n) is 17.6. The zero-order chi connectivity index (χ0) is 23.1. The van der Waals surface area contributed by atoms with Crippen molar-refractivity contribution in [3.8, 4) is 11.1 Å². The molecule has 2 N–H and O–H groups in total. The summed E-state index contributed by atoms with van der Waals surface area (Å²) in [4.78, 5) is 19.0. The molecule has 4 rings (SSSR count). The van der Waals surface area contributed by atoms with E-state index in [-0.39, 0.29) is 12.1 Å². The molecule has 0 spiro atoms.